The first-order valence-corrected chi connectivity index (χ1v) is 9.94. The van der Waals surface area contributed by atoms with E-state index in [-0.39, 0.29) is 36.6 Å². The Morgan fingerprint density at radius 2 is 1.68 bits per heavy atom. The van der Waals surface area contributed by atoms with Crippen molar-refractivity contribution >= 4 is 21.6 Å². The third-order valence-corrected chi connectivity index (χ3v) is 6.49. The zero-order valence-corrected chi connectivity index (χ0v) is 15.9. The Morgan fingerprint density at radius 3 is 2.25 bits per heavy atom. The Bertz CT molecular complexity index is 1020. The molecule has 2 aromatic carbocycles. The molecule has 0 spiro atoms. The van der Waals surface area contributed by atoms with Crippen LogP contribution in [0.1, 0.15) is 15.9 Å². The van der Waals surface area contributed by atoms with Crippen LogP contribution in [0, 0.1) is 22.9 Å². The maximum atomic E-state index is 13.5. The van der Waals surface area contributed by atoms with Crippen LogP contribution >= 0.6 is 0 Å². The van der Waals surface area contributed by atoms with E-state index in [0.717, 1.165) is 17.7 Å². The van der Waals surface area contributed by atoms with E-state index in [1.807, 2.05) is 6.92 Å². The molecule has 0 N–H and O–H groups in total. The van der Waals surface area contributed by atoms with E-state index in [1.165, 1.54) is 15.3 Å². The van der Waals surface area contributed by atoms with Crippen molar-refractivity contribution in [2.75, 3.05) is 26.2 Å². The quantitative estimate of drug-likeness (QED) is 0.571. The third-order valence-electron chi connectivity index (χ3n) is 4.57. The second-order valence-electron chi connectivity index (χ2n) is 6.43. The average molecular weight is 407 g/mol. The van der Waals surface area contributed by atoms with Gasteiger partial charge in [0.05, 0.1) is 9.82 Å². The number of amides is 1. The van der Waals surface area contributed by atoms with Crippen LogP contribution < -0.4 is 0 Å². The van der Waals surface area contributed by atoms with Crippen molar-refractivity contribution in [3.8, 4) is 0 Å². The number of carbonyl (C=O) groups is 1. The van der Waals surface area contributed by atoms with E-state index in [4.69, 9.17) is 0 Å². The van der Waals surface area contributed by atoms with Crippen molar-refractivity contribution in [1.29, 1.82) is 0 Å². The van der Waals surface area contributed by atoms with Crippen LogP contribution in [0.2, 0.25) is 0 Å². The molecule has 1 aliphatic heterocycles. The van der Waals surface area contributed by atoms with Crippen LogP contribution in [-0.2, 0) is 10.0 Å². The van der Waals surface area contributed by atoms with Crippen LogP contribution in [0.25, 0.3) is 0 Å². The molecule has 1 saturated heterocycles. The summed E-state index contributed by atoms with van der Waals surface area (Å²) in [5.41, 5.74) is 0.164. The standard InChI is InChI=1S/C18H18FN3O5S/c1-13-2-5-15(6-3-13)28(26,27)21-10-8-20(9-11-21)18(23)14-4-7-16(19)17(12-14)22(24)25/h2-7,12H,8-11H2,1H3. The summed E-state index contributed by atoms with van der Waals surface area (Å²) in [7, 11) is -3.66. The lowest BCUT2D eigenvalue weighted by molar-refractivity contribution is -0.387. The van der Waals surface area contributed by atoms with Crippen LogP contribution in [-0.4, -0.2) is 54.6 Å². The van der Waals surface area contributed by atoms with Crippen molar-refractivity contribution in [2.45, 2.75) is 11.8 Å². The van der Waals surface area contributed by atoms with E-state index >= 15 is 0 Å². The van der Waals surface area contributed by atoms with Gasteiger partial charge in [-0.15, -0.1) is 0 Å². The van der Waals surface area contributed by atoms with Crippen molar-refractivity contribution in [1.82, 2.24) is 9.21 Å². The normalized spacial score (nSPS) is 15.4. The number of hydrogen-bond acceptors (Lipinski definition) is 5. The molecule has 1 aliphatic rings. The van der Waals surface area contributed by atoms with Gasteiger partial charge in [-0.25, -0.2) is 8.42 Å². The summed E-state index contributed by atoms with van der Waals surface area (Å²) in [5.74, 6) is -1.52. The number of carbonyl (C=O) groups excluding carboxylic acids is 1. The maximum Gasteiger partial charge on any atom is 0.305 e. The highest BCUT2D eigenvalue weighted by molar-refractivity contribution is 7.89. The largest absolute Gasteiger partial charge is 0.336 e. The number of nitro groups is 1. The van der Waals surface area contributed by atoms with E-state index < -0.39 is 32.4 Å². The van der Waals surface area contributed by atoms with Gasteiger partial charge in [-0.3, -0.25) is 14.9 Å². The molecule has 8 nitrogen and oxygen atoms in total. The van der Waals surface area contributed by atoms with Crippen molar-refractivity contribution in [3.63, 3.8) is 0 Å². The van der Waals surface area contributed by atoms with Gasteiger partial charge in [0.25, 0.3) is 5.91 Å². The number of benzene rings is 2. The van der Waals surface area contributed by atoms with Crippen molar-refractivity contribution in [3.05, 3.63) is 69.5 Å². The number of halogens is 1. The second kappa shape index (κ2) is 7.64. The molecule has 1 fully saturated rings. The van der Waals surface area contributed by atoms with Gasteiger partial charge in [0.2, 0.25) is 15.8 Å². The summed E-state index contributed by atoms with van der Waals surface area (Å²) in [4.78, 5) is 24.1. The lowest BCUT2D eigenvalue weighted by Gasteiger charge is -2.34. The minimum Gasteiger partial charge on any atom is -0.336 e. The Labute approximate surface area is 161 Å². The summed E-state index contributed by atoms with van der Waals surface area (Å²) in [6, 6.07) is 9.47. The zero-order valence-electron chi connectivity index (χ0n) is 15.0. The summed E-state index contributed by atoms with van der Waals surface area (Å²) < 4.78 is 40.2. The third kappa shape index (κ3) is 3.87. The van der Waals surface area contributed by atoms with Gasteiger partial charge < -0.3 is 4.90 Å². The lowest BCUT2D eigenvalue weighted by Crippen LogP contribution is -2.50. The number of hydrogen-bond donors (Lipinski definition) is 0. The molecule has 0 saturated carbocycles. The predicted octanol–water partition coefficient (Wildman–Crippen LogP) is 2.19. The first-order chi connectivity index (χ1) is 13.2. The van der Waals surface area contributed by atoms with Gasteiger partial charge in [0.15, 0.2) is 0 Å². The number of rotatable bonds is 4. The molecule has 0 unspecified atom stereocenters. The van der Waals surface area contributed by atoms with E-state index in [9.17, 15) is 27.7 Å². The molecular formula is C18H18FN3O5S. The molecular weight excluding hydrogens is 389 g/mol. The smallest absolute Gasteiger partial charge is 0.305 e. The highest BCUT2D eigenvalue weighted by Gasteiger charge is 2.31. The van der Waals surface area contributed by atoms with Crippen LogP contribution in [0.15, 0.2) is 47.4 Å². The predicted molar refractivity (Wildman–Crippen MR) is 98.9 cm³/mol. The number of nitrogens with zero attached hydrogens (tertiary/aromatic N) is 3. The minimum absolute atomic E-state index is 0.0112. The zero-order chi connectivity index (χ0) is 20.5. The fraction of sp³-hybridized carbons (Fsp3) is 0.278. The first kappa shape index (κ1) is 19.9. The topological polar surface area (TPSA) is 101 Å². The monoisotopic (exact) mass is 407 g/mol. The molecule has 28 heavy (non-hydrogen) atoms. The molecule has 2 aromatic rings. The molecule has 0 radical (unpaired) electrons. The van der Waals surface area contributed by atoms with Crippen LogP contribution in [0.5, 0.6) is 0 Å². The average Bonchev–Trinajstić information content (AvgIpc) is 2.68. The molecule has 1 amide bonds. The van der Waals surface area contributed by atoms with Crippen molar-refractivity contribution < 1.29 is 22.5 Å². The van der Waals surface area contributed by atoms with Crippen molar-refractivity contribution in [2.24, 2.45) is 0 Å². The first-order valence-electron chi connectivity index (χ1n) is 8.50. The van der Waals surface area contributed by atoms with E-state index in [1.54, 1.807) is 24.3 Å². The highest BCUT2D eigenvalue weighted by Crippen LogP contribution is 2.22. The molecule has 3 rings (SSSR count). The van der Waals surface area contributed by atoms with Crippen LogP contribution in [0.4, 0.5) is 10.1 Å². The number of piperazine rings is 1. The summed E-state index contributed by atoms with van der Waals surface area (Å²) in [6.45, 7) is 2.33. The number of sulfonamides is 1. The SMILES string of the molecule is Cc1ccc(S(=O)(=O)N2CCN(C(=O)c3ccc(F)c([N+](=O)[O-])c3)CC2)cc1. The van der Waals surface area contributed by atoms with Gasteiger partial charge in [-0.2, -0.15) is 8.70 Å². The Kier molecular flexibility index (Phi) is 5.43. The fourth-order valence-corrected chi connectivity index (χ4v) is 4.38. The number of aryl methyl sites for hydroxylation is 1. The highest BCUT2D eigenvalue weighted by atomic mass is 32.2. The van der Waals surface area contributed by atoms with Gasteiger partial charge in [0.1, 0.15) is 0 Å². The summed E-state index contributed by atoms with van der Waals surface area (Å²) in [6.07, 6.45) is 0. The minimum atomic E-state index is -3.66. The van der Waals surface area contributed by atoms with Crippen LogP contribution in [0.3, 0.4) is 0 Å². The lowest BCUT2D eigenvalue weighted by atomic mass is 10.1. The summed E-state index contributed by atoms with van der Waals surface area (Å²) >= 11 is 0. The molecule has 0 atom stereocenters. The van der Waals surface area contributed by atoms with Gasteiger partial charge in [0, 0.05) is 37.8 Å². The Morgan fingerprint density at radius 1 is 1.07 bits per heavy atom. The molecule has 0 aromatic heterocycles. The van der Waals surface area contributed by atoms with E-state index in [0.29, 0.717) is 0 Å². The molecule has 0 aliphatic carbocycles. The van der Waals surface area contributed by atoms with Gasteiger partial charge in [-0.1, -0.05) is 17.7 Å². The molecule has 148 valence electrons. The Hall–Kier alpha value is -2.85. The van der Waals surface area contributed by atoms with Gasteiger partial charge >= 0.3 is 5.69 Å². The Balaban J connectivity index is 1.71. The maximum absolute atomic E-state index is 13.5. The molecule has 10 heteroatoms. The molecule has 1 heterocycles. The summed E-state index contributed by atoms with van der Waals surface area (Å²) in [5, 5.41) is 10.8. The van der Waals surface area contributed by atoms with Gasteiger partial charge in [-0.05, 0) is 31.2 Å². The van der Waals surface area contributed by atoms with E-state index in [2.05, 4.69) is 0 Å². The second-order valence-corrected chi connectivity index (χ2v) is 8.37. The fourth-order valence-electron chi connectivity index (χ4n) is 2.96. The number of nitro benzene ring substituents is 1. The molecule has 0 bridgehead atoms.